The molecule has 6 heteroatoms. The van der Waals surface area contributed by atoms with Gasteiger partial charge in [-0.2, -0.15) is 0 Å². The molecule has 1 atom stereocenters. The van der Waals surface area contributed by atoms with Crippen LogP contribution in [-0.4, -0.2) is 11.8 Å². The van der Waals surface area contributed by atoms with Crippen LogP contribution in [0.5, 0.6) is 0 Å². The average molecular weight is 423 g/mol. The van der Waals surface area contributed by atoms with Crippen LogP contribution in [0, 0.1) is 5.82 Å². The van der Waals surface area contributed by atoms with E-state index >= 15 is 0 Å². The maximum Gasteiger partial charge on any atom is 0.259 e. The number of nitrogens with one attached hydrogen (secondary N) is 2. The average Bonchev–Trinajstić information content (AvgIpc) is 3.12. The van der Waals surface area contributed by atoms with E-state index in [1.807, 2.05) is 37.3 Å². The van der Waals surface area contributed by atoms with Gasteiger partial charge in [0.05, 0.1) is 17.2 Å². The van der Waals surface area contributed by atoms with Crippen molar-refractivity contribution in [2.24, 2.45) is 0 Å². The van der Waals surface area contributed by atoms with Crippen molar-refractivity contribution >= 4 is 28.2 Å². The summed E-state index contributed by atoms with van der Waals surface area (Å²) in [5.41, 5.74) is 2.50. The highest BCUT2D eigenvalue weighted by Gasteiger charge is 2.27. The van der Waals surface area contributed by atoms with Crippen molar-refractivity contribution in [3.63, 3.8) is 0 Å². The lowest BCUT2D eigenvalue weighted by Crippen LogP contribution is -2.28. The lowest BCUT2D eigenvalue weighted by molar-refractivity contribution is 0.0940. The molecule has 3 aromatic rings. The molecule has 1 aliphatic carbocycles. The van der Waals surface area contributed by atoms with E-state index in [0.29, 0.717) is 10.6 Å². The Kier molecular flexibility index (Phi) is 5.95. The van der Waals surface area contributed by atoms with Crippen LogP contribution in [-0.2, 0) is 12.8 Å². The molecule has 0 spiro atoms. The number of fused-ring (bicyclic) bond motifs is 1. The Morgan fingerprint density at radius 1 is 0.967 bits per heavy atom. The number of aryl methyl sites for hydroxylation is 1. The van der Waals surface area contributed by atoms with Crippen LogP contribution in [0.25, 0.3) is 0 Å². The topological polar surface area (TPSA) is 58.2 Å². The summed E-state index contributed by atoms with van der Waals surface area (Å²) in [5, 5.41) is 6.35. The Labute approximate surface area is 179 Å². The summed E-state index contributed by atoms with van der Waals surface area (Å²) in [7, 11) is 0. The highest BCUT2D eigenvalue weighted by molar-refractivity contribution is 7.17. The van der Waals surface area contributed by atoms with Gasteiger partial charge in [-0.3, -0.25) is 9.59 Å². The summed E-state index contributed by atoms with van der Waals surface area (Å²) in [6.07, 6.45) is 3.78. The third-order valence-corrected chi connectivity index (χ3v) is 6.60. The molecule has 0 fully saturated rings. The Morgan fingerprint density at radius 3 is 2.43 bits per heavy atom. The van der Waals surface area contributed by atoms with Crippen molar-refractivity contribution in [3.8, 4) is 0 Å². The van der Waals surface area contributed by atoms with Gasteiger partial charge in [0.15, 0.2) is 0 Å². The number of anilines is 1. The van der Waals surface area contributed by atoms with E-state index in [1.165, 1.54) is 23.5 Å². The highest BCUT2D eigenvalue weighted by Crippen LogP contribution is 2.38. The van der Waals surface area contributed by atoms with Crippen LogP contribution >= 0.6 is 11.3 Å². The van der Waals surface area contributed by atoms with Gasteiger partial charge in [0.1, 0.15) is 10.8 Å². The number of carbonyl (C=O) groups excluding carboxylic acids is 2. The number of carbonyl (C=O) groups is 2. The fourth-order valence-corrected chi connectivity index (χ4v) is 5.09. The van der Waals surface area contributed by atoms with Gasteiger partial charge in [-0.15, -0.1) is 11.3 Å². The maximum atomic E-state index is 14.1. The molecule has 0 saturated carbocycles. The largest absolute Gasteiger partial charge is 0.345 e. The zero-order valence-corrected chi connectivity index (χ0v) is 17.5. The molecule has 1 aromatic heterocycles. The molecular weight excluding hydrogens is 399 g/mol. The molecule has 0 unspecified atom stereocenters. The monoisotopic (exact) mass is 422 g/mol. The van der Waals surface area contributed by atoms with Gasteiger partial charge in [0.25, 0.3) is 11.8 Å². The Morgan fingerprint density at radius 2 is 1.67 bits per heavy atom. The molecule has 1 aliphatic rings. The van der Waals surface area contributed by atoms with E-state index in [1.54, 1.807) is 12.1 Å². The maximum absolute atomic E-state index is 14.1. The molecule has 154 valence electrons. The number of halogens is 1. The lowest BCUT2D eigenvalue weighted by Gasteiger charge is -2.17. The summed E-state index contributed by atoms with van der Waals surface area (Å²) < 4.78 is 14.1. The second-order valence-electron chi connectivity index (χ2n) is 7.45. The van der Waals surface area contributed by atoms with Gasteiger partial charge in [0.2, 0.25) is 0 Å². The number of hydrogen-bond acceptors (Lipinski definition) is 3. The van der Waals surface area contributed by atoms with Crippen molar-refractivity contribution in [1.29, 1.82) is 0 Å². The molecule has 4 nitrogen and oxygen atoms in total. The van der Waals surface area contributed by atoms with Crippen LogP contribution < -0.4 is 10.6 Å². The number of thiophene rings is 1. The van der Waals surface area contributed by atoms with Gasteiger partial charge in [0, 0.05) is 4.88 Å². The summed E-state index contributed by atoms with van der Waals surface area (Å²) in [5.74, 6) is -1.34. The molecule has 4 rings (SSSR count). The minimum Gasteiger partial charge on any atom is -0.345 e. The third-order valence-electron chi connectivity index (χ3n) is 5.39. The van der Waals surface area contributed by atoms with Crippen LogP contribution in [0.3, 0.4) is 0 Å². The molecular formula is C24H23FN2O2S. The zero-order valence-electron chi connectivity index (χ0n) is 16.7. The summed E-state index contributed by atoms with van der Waals surface area (Å²) in [6, 6.07) is 15.4. The quantitative estimate of drug-likeness (QED) is 0.570. The van der Waals surface area contributed by atoms with Crippen LogP contribution in [0.15, 0.2) is 54.6 Å². The van der Waals surface area contributed by atoms with E-state index in [9.17, 15) is 14.0 Å². The van der Waals surface area contributed by atoms with E-state index in [2.05, 4.69) is 10.6 Å². The molecule has 30 heavy (non-hydrogen) atoms. The third kappa shape index (κ3) is 4.14. The second-order valence-corrected chi connectivity index (χ2v) is 8.56. The van der Waals surface area contributed by atoms with Crippen molar-refractivity contribution in [2.75, 3.05) is 5.32 Å². The summed E-state index contributed by atoms with van der Waals surface area (Å²) >= 11 is 1.43. The van der Waals surface area contributed by atoms with Gasteiger partial charge in [-0.25, -0.2) is 4.39 Å². The minimum absolute atomic E-state index is 0.0344. The fraction of sp³-hybridized carbons (Fsp3) is 0.250. The lowest BCUT2D eigenvalue weighted by atomic mass is 9.95. The van der Waals surface area contributed by atoms with Crippen molar-refractivity contribution in [2.45, 2.75) is 38.6 Å². The van der Waals surface area contributed by atoms with Gasteiger partial charge in [-0.1, -0.05) is 42.5 Å². The van der Waals surface area contributed by atoms with Gasteiger partial charge < -0.3 is 10.6 Å². The molecule has 0 radical (unpaired) electrons. The van der Waals surface area contributed by atoms with Crippen LogP contribution in [0.4, 0.5) is 9.39 Å². The molecule has 0 aliphatic heterocycles. The SMILES string of the molecule is C[C@@H](NC(=O)c1c(NC(=O)c2ccccc2F)sc2c1CCCC2)c1ccccc1. The van der Waals surface area contributed by atoms with Gasteiger partial charge >= 0.3 is 0 Å². The smallest absolute Gasteiger partial charge is 0.259 e. The number of rotatable bonds is 5. The first-order valence-electron chi connectivity index (χ1n) is 10.1. The normalized spacial score (nSPS) is 13.9. The number of hydrogen-bond donors (Lipinski definition) is 2. The first-order chi connectivity index (χ1) is 14.5. The molecule has 2 aromatic carbocycles. The Bertz CT molecular complexity index is 1080. The van der Waals surface area contributed by atoms with E-state index in [0.717, 1.165) is 41.7 Å². The standard InChI is InChI=1S/C24H23FN2O2S/c1-15(16-9-3-2-4-10-16)26-23(29)21-18-12-6-8-14-20(18)30-24(21)27-22(28)17-11-5-7-13-19(17)25/h2-5,7,9-11,13,15H,6,8,12,14H2,1H3,(H,26,29)(H,27,28)/t15-/m1/s1. The van der Waals surface area contributed by atoms with Crippen molar-refractivity contribution < 1.29 is 14.0 Å². The Hall–Kier alpha value is -2.99. The van der Waals surface area contributed by atoms with Gasteiger partial charge in [-0.05, 0) is 55.9 Å². The fourth-order valence-electron chi connectivity index (χ4n) is 3.80. The predicted octanol–water partition coefficient (Wildman–Crippen LogP) is 5.51. The number of amides is 2. The summed E-state index contributed by atoms with van der Waals surface area (Å²) in [4.78, 5) is 27.1. The first-order valence-corrected chi connectivity index (χ1v) is 10.9. The summed E-state index contributed by atoms with van der Waals surface area (Å²) in [6.45, 7) is 1.93. The first kappa shape index (κ1) is 20.3. The van der Waals surface area contributed by atoms with E-state index < -0.39 is 11.7 Å². The van der Waals surface area contributed by atoms with Crippen LogP contribution in [0.2, 0.25) is 0 Å². The second kappa shape index (κ2) is 8.79. The van der Waals surface area contributed by atoms with Crippen molar-refractivity contribution in [1.82, 2.24) is 5.32 Å². The zero-order chi connectivity index (χ0) is 21.1. The Balaban J connectivity index is 1.63. The highest BCUT2D eigenvalue weighted by atomic mass is 32.1. The molecule has 1 heterocycles. The van der Waals surface area contributed by atoms with Crippen molar-refractivity contribution in [3.05, 3.63) is 87.5 Å². The number of benzene rings is 2. The molecule has 2 amide bonds. The minimum atomic E-state index is -0.583. The van der Waals surface area contributed by atoms with E-state index in [-0.39, 0.29) is 17.5 Å². The molecule has 2 N–H and O–H groups in total. The molecule has 0 saturated heterocycles. The predicted molar refractivity (Wildman–Crippen MR) is 118 cm³/mol. The van der Waals surface area contributed by atoms with E-state index in [4.69, 9.17) is 0 Å². The van der Waals surface area contributed by atoms with Crippen LogP contribution in [0.1, 0.15) is 62.5 Å². The molecule has 0 bridgehead atoms.